The van der Waals surface area contributed by atoms with Crippen LogP contribution in [0.25, 0.3) is 0 Å². The third kappa shape index (κ3) is 4.54. The van der Waals surface area contributed by atoms with E-state index in [0.717, 1.165) is 0 Å². The quantitative estimate of drug-likeness (QED) is 0.855. The summed E-state index contributed by atoms with van der Waals surface area (Å²) in [6, 6.07) is 6.94. The first kappa shape index (κ1) is 10.4. The maximum absolute atomic E-state index is 13.1. The molecule has 0 atom stereocenters. The highest BCUT2D eigenvalue weighted by molar-refractivity contribution is 5.94. The van der Waals surface area contributed by atoms with Crippen LogP contribution in [0.1, 0.15) is 49.0 Å². The van der Waals surface area contributed by atoms with Gasteiger partial charge in [-0.25, -0.2) is 9.37 Å². The van der Waals surface area contributed by atoms with E-state index in [9.17, 15) is 9.18 Å². The van der Waals surface area contributed by atoms with E-state index >= 15 is 0 Å². The fourth-order valence-electron chi connectivity index (χ4n) is 1.74. The topological polar surface area (TPSA) is 42.0 Å². The van der Waals surface area contributed by atoms with Crippen molar-refractivity contribution in [2.75, 3.05) is 0 Å². The van der Waals surface area contributed by atoms with Crippen molar-refractivity contribution >= 4 is 18.3 Å². The smallest absolute Gasteiger partial charge is 0.253 e. The summed E-state index contributed by atoms with van der Waals surface area (Å²) in [5.74, 6) is 4.28. The van der Waals surface area contributed by atoms with Crippen molar-refractivity contribution in [1.82, 2.24) is 10.3 Å². The molecule has 0 aliphatic heterocycles. The van der Waals surface area contributed by atoms with Gasteiger partial charge in [-0.3, -0.25) is 4.79 Å². The zero-order chi connectivity index (χ0) is 20.7. The van der Waals surface area contributed by atoms with Crippen LogP contribution in [0.2, 0.25) is 0 Å². The molecule has 0 spiro atoms. The Hall–Kier alpha value is -2.38. The molecule has 23 heavy (non-hydrogen) atoms. The van der Waals surface area contributed by atoms with Crippen LogP contribution < -0.4 is 5.32 Å². The predicted molar refractivity (Wildman–Crippen MR) is 89.0 cm³/mol. The number of hydrogen-bond acceptors (Lipinski definition) is 2. The van der Waals surface area contributed by atoms with Gasteiger partial charge in [0.2, 0.25) is 0 Å². The minimum Gasteiger partial charge on any atom is -0.349 e. The lowest BCUT2D eigenvalue weighted by molar-refractivity contribution is 0.0916. The van der Waals surface area contributed by atoms with E-state index < -0.39 is 36.9 Å². The summed E-state index contributed by atoms with van der Waals surface area (Å²) in [7, 11) is 0. The standard InChI is InChI=1S/C18H15FN2O.ClH/c19-15-4-1-3-13(11-15)7-9-16-10-8-14(12-20-16)18(22)21-17-5-2-6-17;/h1,3-4,8,10-12,17H,2,5-6H2,(H,21,22);1H/i2D2,5D2,6D2;. The molecule has 118 valence electrons. The molecule has 5 heteroatoms. The lowest BCUT2D eigenvalue weighted by atomic mass is 9.93. The number of amides is 1. The second-order valence-corrected chi connectivity index (χ2v) is 4.51. The lowest BCUT2D eigenvalue weighted by Crippen LogP contribution is -2.39. The minimum atomic E-state index is -2.72. The summed E-state index contributed by atoms with van der Waals surface area (Å²) in [5, 5.41) is 2.21. The molecule has 3 nitrogen and oxygen atoms in total. The van der Waals surface area contributed by atoms with Crippen LogP contribution >= 0.6 is 12.4 Å². The molecule has 1 aliphatic carbocycles. The Labute approximate surface area is 149 Å². The van der Waals surface area contributed by atoms with Crippen molar-refractivity contribution < 1.29 is 17.4 Å². The van der Waals surface area contributed by atoms with Gasteiger partial charge in [-0.05, 0) is 55.4 Å². The van der Waals surface area contributed by atoms with Gasteiger partial charge in [-0.2, -0.15) is 0 Å². The highest BCUT2D eigenvalue weighted by Crippen LogP contribution is 2.18. The summed E-state index contributed by atoms with van der Waals surface area (Å²) in [5.41, 5.74) is 0.842. The van der Waals surface area contributed by atoms with E-state index in [1.165, 1.54) is 36.5 Å². The molecule has 1 aromatic carbocycles. The maximum Gasteiger partial charge on any atom is 0.253 e. The maximum atomic E-state index is 13.1. The second kappa shape index (κ2) is 7.75. The van der Waals surface area contributed by atoms with Crippen molar-refractivity contribution in [2.24, 2.45) is 0 Å². The molecular weight excluding hydrogens is 315 g/mol. The summed E-state index contributed by atoms with van der Waals surface area (Å²) in [6.45, 7) is 0. The van der Waals surface area contributed by atoms with E-state index in [1.807, 2.05) is 0 Å². The van der Waals surface area contributed by atoms with E-state index in [4.69, 9.17) is 8.22 Å². The molecule has 3 rings (SSSR count). The number of nitrogens with one attached hydrogen (secondary N) is 1. The first-order valence-electron chi connectivity index (χ1n) is 9.51. The first-order chi connectivity index (χ1) is 13.0. The van der Waals surface area contributed by atoms with E-state index in [0.29, 0.717) is 11.3 Å². The van der Waals surface area contributed by atoms with Crippen LogP contribution in [0.15, 0.2) is 42.6 Å². The molecule has 1 amide bonds. The number of hydrogen-bond donors (Lipinski definition) is 1. The molecule has 1 aromatic heterocycles. The SMILES string of the molecule is Cl.[2H]C1([2H])C(NC(=O)c2ccc(C#Cc3cccc(F)c3)nc2)C([2H])([2H])C1([2H])[2H]. The van der Waals surface area contributed by atoms with Gasteiger partial charge in [0.15, 0.2) is 0 Å². The molecule has 1 fully saturated rings. The fourth-order valence-corrected chi connectivity index (χ4v) is 1.74. The van der Waals surface area contributed by atoms with Crippen molar-refractivity contribution in [3.8, 4) is 11.8 Å². The zero-order valence-corrected chi connectivity index (χ0v) is 12.6. The van der Waals surface area contributed by atoms with Gasteiger partial charge in [-0.15, -0.1) is 12.4 Å². The molecule has 2 aromatic rings. The number of nitrogens with zero attached hydrogens (tertiary/aromatic N) is 1. The number of benzene rings is 1. The van der Waals surface area contributed by atoms with Crippen LogP contribution in [0.4, 0.5) is 4.39 Å². The lowest BCUT2D eigenvalue weighted by Gasteiger charge is -2.26. The first-order valence-corrected chi connectivity index (χ1v) is 6.51. The Morgan fingerprint density at radius 1 is 1.30 bits per heavy atom. The Kier molecular flexibility index (Phi) is 3.51. The Balaban J connectivity index is 0.00000300. The number of halogens is 2. The third-order valence-electron chi connectivity index (χ3n) is 2.89. The highest BCUT2D eigenvalue weighted by atomic mass is 35.5. The van der Waals surface area contributed by atoms with Gasteiger partial charge in [0.1, 0.15) is 11.5 Å². The van der Waals surface area contributed by atoms with E-state index in [-0.39, 0.29) is 18.0 Å². The fraction of sp³-hybridized carbons (Fsp3) is 0.222. The van der Waals surface area contributed by atoms with Gasteiger partial charge in [-0.1, -0.05) is 12.0 Å². The number of carbonyl (C=O) groups is 1. The number of carbonyl (C=O) groups excluding carboxylic acids is 1. The summed E-state index contributed by atoms with van der Waals surface area (Å²) >= 11 is 0. The molecular formula is C18H16ClFN2O. The zero-order valence-electron chi connectivity index (χ0n) is 17.8. The predicted octanol–water partition coefficient (Wildman–Crippen LogP) is 3.32. The van der Waals surface area contributed by atoms with Gasteiger partial charge in [0.05, 0.1) is 5.56 Å². The second-order valence-electron chi connectivity index (χ2n) is 4.51. The summed E-state index contributed by atoms with van der Waals surface area (Å²) in [4.78, 5) is 16.3. The van der Waals surface area contributed by atoms with Gasteiger partial charge < -0.3 is 5.32 Å². The molecule has 1 heterocycles. The van der Waals surface area contributed by atoms with E-state index in [1.54, 1.807) is 6.07 Å². The monoisotopic (exact) mass is 336 g/mol. The molecule has 1 aliphatic rings. The molecule has 0 bridgehead atoms. The average Bonchev–Trinajstić information content (AvgIpc) is 2.64. The van der Waals surface area contributed by atoms with Crippen molar-refractivity contribution in [1.29, 1.82) is 0 Å². The van der Waals surface area contributed by atoms with Crippen molar-refractivity contribution in [2.45, 2.75) is 25.2 Å². The molecule has 0 saturated heterocycles. The van der Waals surface area contributed by atoms with E-state index in [2.05, 4.69) is 22.1 Å². The molecule has 0 radical (unpaired) electrons. The molecule has 1 saturated carbocycles. The highest BCUT2D eigenvalue weighted by Gasteiger charge is 2.19. The van der Waals surface area contributed by atoms with Crippen LogP contribution in [-0.4, -0.2) is 16.9 Å². The van der Waals surface area contributed by atoms with Gasteiger partial charge >= 0.3 is 0 Å². The van der Waals surface area contributed by atoms with Crippen molar-refractivity contribution in [3.63, 3.8) is 0 Å². The molecule has 0 unspecified atom stereocenters. The minimum absolute atomic E-state index is 0. The van der Waals surface area contributed by atoms with Crippen LogP contribution in [0.3, 0.4) is 0 Å². The summed E-state index contributed by atoms with van der Waals surface area (Å²) in [6.07, 6.45) is -6.61. The number of rotatable bonds is 2. The van der Waals surface area contributed by atoms with Crippen molar-refractivity contribution in [3.05, 3.63) is 65.2 Å². The van der Waals surface area contributed by atoms with Crippen LogP contribution in [0.5, 0.6) is 0 Å². The number of pyridine rings is 1. The Bertz CT molecular complexity index is 970. The van der Waals surface area contributed by atoms with Crippen LogP contribution in [-0.2, 0) is 0 Å². The Morgan fingerprint density at radius 3 is 2.83 bits per heavy atom. The Morgan fingerprint density at radius 2 is 2.13 bits per heavy atom. The van der Waals surface area contributed by atoms with Crippen LogP contribution in [0, 0.1) is 17.7 Å². The normalized spacial score (nSPS) is 23.5. The largest absolute Gasteiger partial charge is 0.349 e. The summed E-state index contributed by atoms with van der Waals surface area (Å²) < 4.78 is 59.0. The molecule has 1 N–H and O–H groups in total. The third-order valence-corrected chi connectivity index (χ3v) is 2.89. The van der Waals surface area contributed by atoms with Gasteiger partial charge in [0.25, 0.3) is 5.91 Å². The number of aromatic nitrogens is 1. The van der Waals surface area contributed by atoms with Gasteiger partial charge in [0, 0.05) is 26.0 Å². The average molecular weight is 337 g/mol.